The molecule has 0 saturated carbocycles. The van der Waals surface area contributed by atoms with E-state index in [1.165, 1.54) is 0 Å². The molecule has 0 bridgehead atoms. The highest BCUT2D eigenvalue weighted by Gasteiger charge is 2.14. The van der Waals surface area contributed by atoms with Gasteiger partial charge in [-0.2, -0.15) is 0 Å². The maximum Gasteiger partial charge on any atom is 0.352 e. The zero-order valence-electron chi connectivity index (χ0n) is 7.30. The molecular formula is C8H14N2O2. The van der Waals surface area contributed by atoms with E-state index in [-0.39, 0.29) is 5.97 Å². The van der Waals surface area contributed by atoms with Crippen molar-refractivity contribution in [3.63, 3.8) is 0 Å². The van der Waals surface area contributed by atoms with Crippen molar-refractivity contribution in [3.05, 3.63) is 12.2 Å². The third-order valence-electron chi connectivity index (χ3n) is 1.64. The molecule has 1 saturated heterocycles. The van der Waals surface area contributed by atoms with Crippen LogP contribution in [-0.2, 0) is 9.63 Å². The molecule has 4 nitrogen and oxygen atoms in total. The smallest absolute Gasteiger partial charge is 0.352 e. The molecule has 1 rings (SSSR count). The third-order valence-corrected chi connectivity index (χ3v) is 1.64. The first-order valence-electron chi connectivity index (χ1n) is 4.03. The second-order valence-corrected chi connectivity index (χ2v) is 2.84. The molecule has 68 valence electrons. The Balaban J connectivity index is 2.29. The number of piperazine rings is 1. The zero-order valence-corrected chi connectivity index (χ0v) is 7.30. The Labute approximate surface area is 72.1 Å². The van der Waals surface area contributed by atoms with Crippen LogP contribution in [0.25, 0.3) is 0 Å². The fourth-order valence-corrected chi connectivity index (χ4v) is 0.931. The topological polar surface area (TPSA) is 41.6 Å². The fourth-order valence-electron chi connectivity index (χ4n) is 0.931. The van der Waals surface area contributed by atoms with Crippen molar-refractivity contribution in [2.24, 2.45) is 0 Å². The van der Waals surface area contributed by atoms with Gasteiger partial charge in [-0.1, -0.05) is 6.58 Å². The van der Waals surface area contributed by atoms with Crippen LogP contribution < -0.4 is 5.32 Å². The summed E-state index contributed by atoms with van der Waals surface area (Å²) in [7, 11) is 0. The summed E-state index contributed by atoms with van der Waals surface area (Å²) in [6.07, 6.45) is 0. The molecule has 0 aromatic carbocycles. The van der Waals surface area contributed by atoms with Gasteiger partial charge in [0, 0.05) is 31.8 Å². The molecule has 1 fully saturated rings. The van der Waals surface area contributed by atoms with E-state index in [1.54, 1.807) is 12.0 Å². The molecule has 0 unspecified atom stereocenters. The van der Waals surface area contributed by atoms with Crippen LogP contribution in [0.4, 0.5) is 0 Å². The highest BCUT2D eigenvalue weighted by atomic mass is 16.7. The lowest BCUT2D eigenvalue weighted by Crippen LogP contribution is -2.44. The van der Waals surface area contributed by atoms with Crippen LogP contribution in [0.2, 0.25) is 0 Å². The standard InChI is InChI=1S/C8H14N2O2/c1-7(2)8(11)12-10-5-3-9-4-6-10/h9H,1,3-6H2,2H3. The predicted molar refractivity (Wildman–Crippen MR) is 45.3 cm³/mol. The van der Waals surface area contributed by atoms with E-state index in [2.05, 4.69) is 11.9 Å². The number of hydrogen-bond donors (Lipinski definition) is 1. The first-order chi connectivity index (χ1) is 5.70. The van der Waals surface area contributed by atoms with Gasteiger partial charge in [-0.05, 0) is 6.92 Å². The molecule has 1 aliphatic heterocycles. The number of rotatable bonds is 2. The van der Waals surface area contributed by atoms with Gasteiger partial charge in [-0.15, -0.1) is 5.06 Å². The van der Waals surface area contributed by atoms with Crippen LogP contribution in [-0.4, -0.2) is 37.2 Å². The molecular weight excluding hydrogens is 156 g/mol. The van der Waals surface area contributed by atoms with Crippen molar-refractivity contribution >= 4 is 5.97 Å². The van der Waals surface area contributed by atoms with Crippen LogP contribution in [0, 0.1) is 0 Å². The highest BCUT2D eigenvalue weighted by molar-refractivity contribution is 5.86. The van der Waals surface area contributed by atoms with Crippen LogP contribution in [0.5, 0.6) is 0 Å². The third kappa shape index (κ3) is 2.64. The van der Waals surface area contributed by atoms with E-state index in [0.29, 0.717) is 5.57 Å². The lowest BCUT2D eigenvalue weighted by molar-refractivity contribution is -0.187. The normalized spacial score (nSPS) is 18.8. The minimum atomic E-state index is -0.336. The molecule has 0 aliphatic carbocycles. The molecule has 4 heteroatoms. The number of hydroxylamine groups is 2. The van der Waals surface area contributed by atoms with Crippen molar-refractivity contribution in [2.75, 3.05) is 26.2 Å². The van der Waals surface area contributed by atoms with Crippen LogP contribution >= 0.6 is 0 Å². The van der Waals surface area contributed by atoms with E-state index in [1.807, 2.05) is 0 Å². The Kier molecular flexibility index (Phi) is 3.25. The van der Waals surface area contributed by atoms with E-state index in [9.17, 15) is 4.79 Å². The van der Waals surface area contributed by atoms with Crippen molar-refractivity contribution in [1.29, 1.82) is 0 Å². The quantitative estimate of drug-likeness (QED) is 0.589. The molecule has 1 heterocycles. The average molecular weight is 170 g/mol. The second kappa shape index (κ2) is 4.23. The Morgan fingerprint density at radius 1 is 1.50 bits per heavy atom. The summed E-state index contributed by atoms with van der Waals surface area (Å²) in [6.45, 7) is 8.37. The molecule has 12 heavy (non-hydrogen) atoms. The minimum absolute atomic E-state index is 0.336. The molecule has 0 atom stereocenters. The number of hydrogen-bond acceptors (Lipinski definition) is 4. The summed E-state index contributed by atoms with van der Waals surface area (Å²) >= 11 is 0. The maximum absolute atomic E-state index is 11.0. The Hall–Kier alpha value is -0.870. The Bertz CT molecular complexity index is 185. The average Bonchev–Trinajstić information content (AvgIpc) is 2.06. The molecule has 1 N–H and O–H groups in total. The Morgan fingerprint density at radius 3 is 2.58 bits per heavy atom. The molecule has 0 aromatic heterocycles. The van der Waals surface area contributed by atoms with Crippen molar-refractivity contribution in [3.8, 4) is 0 Å². The minimum Gasteiger partial charge on any atom is -0.364 e. The van der Waals surface area contributed by atoms with Crippen LogP contribution in [0.1, 0.15) is 6.92 Å². The van der Waals surface area contributed by atoms with Crippen LogP contribution in [0.15, 0.2) is 12.2 Å². The molecule has 0 spiro atoms. The van der Waals surface area contributed by atoms with Gasteiger partial charge < -0.3 is 10.2 Å². The summed E-state index contributed by atoms with van der Waals surface area (Å²) in [5, 5.41) is 4.82. The summed E-state index contributed by atoms with van der Waals surface area (Å²) in [5.41, 5.74) is 0.438. The van der Waals surface area contributed by atoms with Gasteiger partial charge in [0.1, 0.15) is 0 Å². The molecule has 0 amide bonds. The van der Waals surface area contributed by atoms with Gasteiger partial charge in [-0.25, -0.2) is 4.79 Å². The number of carbonyl (C=O) groups is 1. The van der Waals surface area contributed by atoms with Gasteiger partial charge in [0.15, 0.2) is 0 Å². The summed E-state index contributed by atoms with van der Waals surface area (Å²) in [5.74, 6) is -0.336. The van der Waals surface area contributed by atoms with E-state index < -0.39 is 0 Å². The van der Waals surface area contributed by atoms with Crippen LogP contribution in [0.3, 0.4) is 0 Å². The van der Waals surface area contributed by atoms with Gasteiger partial charge in [-0.3, -0.25) is 0 Å². The zero-order chi connectivity index (χ0) is 8.97. The summed E-state index contributed by atoms with van der Waals surface area (Å²) in [4.78, 5) is 16.0. The van der Waals surface area contributed by atoms with Crippen molar-refractivity contribution < 1.29 is 9.63 Å². The van der Waals surface area contributed by atoms with Gasteiger partial charge in [0.25, 0.3) is 0 Å². The van der Waals surface area contributed by atoms with E-state index in [0.717, 1.165) is 26.2 Å². The Morgan fingerprint density at radius 2 is 2.08 bits per heavy atom. The maximum atomic E-state index is 11.0. The number of nitrogens with zero attached hydrogens (tertiary/aromatic N) is 1. The lowest BCUT2D eigenvalue weighted by atomic mass is 10.4. The van der Waals surface area contributed by atoms with Gasteiger partial charge in [0.2, 0.25) is 0 Å². The SMILES string of the molecule is C=C(C)C(=O)ON1CCNCC1. The van der Waals surface area contributed by atoms with E-state index in [4.69, 9.17) is 4.84 Å². The summed E-state index contributed by atoms with van der Waals surface area (Å²) < 4.78 is 0. The molecule has 1 aliphatic rings. The monoisotopic (exact) mass is 170 g/mol. The van der Waals surface area contributed by atoms with E-state index >= 15 is 0 Å². The second-order valence-electron chi connectivity index (χ2n) is 2.84. The first-order valence-corrected chi connectivity index (χ1v) is 4.03. The van der Waals surface area contributed by atoms with Gasteiger partial charge >= 0.3 is 5.97 Å². The predicted octanol–water partition coefficient (Wildman–Crippen LogP) is -0.0741. The number of carbonyl (C=O) groups excluding carboxylic acids is 1. The van der Waals surface area contributed by atoms with Gasteiger partial charge in [0.05, 0.1) is 0 Å². The highest BCUT2D eigenvalue weighted by Crippen LogP contribution is 1.98. The first kappa shape index (κ1) is 9.22. The fraction of sp³-hybridized carbons (Fsp3) is 0.625. The molecule has 0 aromatic rings. The van der Waals surface area contributed by atoms with Crippen molar-refractivity contribution in [1.82, 2.24) is 10.4 Å². The molecule has 0 radical (unpaired) electrons. The summed E-state index contributed by atoms with van der Waals surface area (Å²) in [6, 6.07) is 0. The van der Waals surface area contributed by atoms with Crippen molar-refractivity contribution in [2.45, 2.75) is 6.92 Å². The largest absolute Gasteiger partial charge is 0.364 e. The number of nitrogens with one attached hydrogen (secondary N) is 1. The lowest BCUT2D eigenvalue weighted by Gasteiger charge is -2.25.